The van der Waals surface area contributed by atoms with Crippen molar-refractivity contribution in [2.24, 2.45) is 0 Å². The summed E-state index contributed by atoms with van der Waals surface area (Å²) in [5, 5.41) is 12.5. The Bertz CT molecular complexity index is 1220. The molecule has 0 amide bonds. The molecule has 7 nitrogen and oxygen atoms in total. The molecule has 0 saturated carbocycles. The maximum atomic E-state index is 10.4. The van der Waals surface area contributed by atoms with Gasteiger partial charge in [0.2, 0.25) is 0 Å². The van der Waals surface area contributed by atoms with Crippen LogP contribution in [0.2, 0.25) is 0 Å². The molecule has 0 spiro atoms. The Kier molecular flexibility index (Phi) is 6.30. The summed E-state index contributed by atoms with van der Waals surface area (Å²) in [6, 6.07) is 11.9. The molecule has 4 aromatic rings. The number of ether oxygens (including phenoxy) is 2. The first-order valence-corrected chi connectivity index (χ1v) is 12.6. The summed E-state index contributed by atoms with van der Waals surface area (Å²) in [5.74, 6) is 1.20. The van der Waals surface area contributed by atoms with Gasteiger partial charge in [-0.15, -0.1) is 0 Å². The zero-order valence-corrected chi connectivity index (χ0v) is 19.8. The van der Waals surface area contributed by atoms with Crippen LogP contribution in [0.4, 0.5) is 0 Å². The molecule has 165 valence electrons. The Hall–Kier alpha value is -2.60. The second-order valence-electron chi connectivity index (χ2n) is 7.91. The van der Waals surface area contributed by atoms with E-state index in [0.717, 1.165) is 39.4 Å². The summed E-state index contributed by atoms with van der Waals surface area (Å²) in [6.07, 6.45) is 5.17. The third-order valence-corrected chi connectivity index (χ3v) is 8.21. The number of hydrogen-bond acceptors (Lipinski definition) is 7. The van der Waals surface area contributed by atoms with Gasteiger partial charge in [-0.25, -0.2) is 0 Å². The molecule has 1 saturated heterocycles. The Morgan fingerprint density at radius 3 is 2.84 bits per heavy atom. The van der Waals surface area contributed by atoms with Crippen LogP contribution >= 0.6 is 0 Å². The number of nitrogens with zero attached hydrogens (tertiary/aromatic N) is 3. The van der Waals surface area contributed by atoms with E-state index in [0.29, 0.717) is 18.0 Å². The zero-order chi connectivity index (χ0) is 21.9. The van der Waals surface area contributed by atoms with E-state index in [1.165, 1.54) is 17.2 Å². The number of fused-ring (bicyclic) bond motifs is 2. The van der Waals surface area contributed by atoms with Crippen LogP contribution in [0.1, 0.15) is 12.8 Å². The average Bonchev–Trinajstić information content (AvgIpc) is 3.50. The molecule has 1 aliphatic rings. The number of aliphatic hydroxyl groups excluding tert-OH is 1. The molecular formula is C24H25AsN3O4. The molecule has 32 heavy (non-hydrogen) atoms. The van der Waals surface area contributed by atoms with E-state index in [1.54, 1.807) is 19.7 Å². The fourth-order valence-electron chi connectivity index (χ4n) is 4.10. The van der Waals surface area contributed by atoms with Crippen LogP contribution in [0.15, 0.2) is 53.4 Å². The third-order valence-electron chi connectivity index (χ3n) is 5.70. The first kappa shape index (κ1) is 21.3. The van der Waals surface area contributed by atoms with Gasteiger partial charge in [-0.05, 0) is 0 Å². The van der Waals surface area contributed by atoms with E-state index in [2.05, 4.69) is 20.9 Å². The predicted molar refractivity (Wildman–Crippen MR) is 125 cm³/mol. The van der Waals surface area contributed by atoms with Crippen LogP contribution in [0.3, 0.4) is 0 Å². The van der Waals surface area contributed by atoms with E-state index >= 15 is 0 Å². The molecule has 1 unspecified atom stereocenters. The summed E-state index contributed by atoms with van der Waals surface area (Å²) in [7, 11) is 1.62. The number of aliphatic hydroxyl groups is 1. The van der Waals surface area contributed by atoms with Gasteiger partial charge in [0, 0.05) is 0 Å². The molecule has 3 heterocycles. The number of benzene rings is 2. The SMILES string of the molecule is COc1cc2c([As]c3cccc4occc34)ncnc2cc1OCC(O)CN1CCCC1. The molecule has 0 aliphatic carbocycles. The van der Waals surface area contributed by atoms with Crippen molar-refractivity contribution in [2.45, 2.75) is 18.9 Å². The molecule has 5 rings (SSSR count). The van der Waals surface area contributed by atoms with Crippen LogP contribution in [0.5, 0.6) is 11.5 Å². The molecule has 2 aromatic heterocycles. The van der Waals surface area contributed by atoms with Crippen molar-refractivity contribution in [2.75, 3.05) is 33.4 Å². The van der Waals surface area contributed by atoms with E-state index in [1.807, 2.05) is 30.3 Å². The van der Waals surface area contributed by atoms with Crippen molar-refractivity contribution in [3.8, 4) is 11.5 Å². The quantitative estimate of drug-likeness (QED) is 0.375. The number of furan rings is 1. The predicted octanol–water partition coefficient (Wildman–Crippen LogP) is 1.88. The van der Waals surface area contributed by atoms with Gasteiger partial charge in [0.05, 0.1) is 0 Å². The van der Waals surface area contributed by atoms with Gasteiger partial charge in [0.1, 0.15) is 0 Å². The van der Waals surface area contributed by atoms with E-state index < -0.39 is 6.10 Å². The minimum atomic E-state index is -0.546. The fourth-order valence-corrected chi connectivity index (χ4v) is 6.42. The van der Waals surface area contributed by atoms with Crippen molar-refractivity contribution >= 4 is 46.5 Å². The van der Waals surface area contributed by atoms with Crippen LogP contribution in [0, 0.1) is 0 Å². The van der Waals surface area contributed by atoms with Gasteiger partial charge >= 0.3 is 193 Å². The van der Waals surface area contributed by atoms with Gasteiger partial charge < -0.3 is 0 Å². The molecule has 1 atom stereocenters. The van der Waals surface area contributed by atoms with Crippen molar-refractivity contribution in [3.63, 3.8) is 0 Å². The first-order chi connectivity index (χ1) is 15.7. The molecule has 8 heteroatoms. The number of hydrogen-bond donors (Lipinski definition) is 1. The van der Waals surface area contributed by atoms with Crippen molar-refractivity contribution in [3.05, 3.63) is 49.0 Å². The van der Waals surface area contributed by atoms with Crippen LogP contribution in [-0.2, 0) is 0 Å². The first-order valence-electron chi connectivity index (χ1n) is 10.7. The number of β-amino-alcohol motifs (C(OH)–C–C–N with tert-alkyl or cyclic N) is 1. The Labute approximate surface area is 193 Å². The third kappa shape index (κ3) is 4.46. The summed E-state index contributed by atoms with van der Waals surface area (Å²) < 4.78 is 19.3. The topological polar surface area (TPSA) is 80.9 Å². The fraction of sp³-hybridized carbons (Fsp3) is 0.333. The molecule has 1 aliphatic heterocycles. The van der Waals surface area contributed by atoms with Gasteiger partial charge in [0.25, 0.3) is 0 Å². The molecule has 1 radical (unpaired) electrons. The van der Waals surface area contributed by atoms with Crippen LogP contribution < -0.4 is 18.3 Å². The molecule has 1 fully saturated rings. The van der Waals surface area contributed by atoms with Crippen molar-refractivity contribution < 1.29 is 19.0 Å². The molecule has 2 aromatic carbocycles. The Morgan fingerprint density at radius 2 is 2.00 bits per heavy atom. The summed E-state index contributed by atoms with van der Waals surface area (Å²) >= 11 is -0.380. The van der Waals surface area contributed by atoms with E-state index in [4.69, 9.17) is 13.9 Å². The number of methoxy groups -OCH3 is 1. The number of rotatable bonds is 8. The molecule has 1 N–H and O–H groups in total. The molecular weight excluding hydrogens is 469 g/mol. The minimum absolute atomic E-state index is 0.213. The van der Waals surface area contributed by atoms with Gasteiger partial charge in [0.15, 0.2) is 0 Å². The van der Waals surface area contributed by atoms with E-state index in [-0.39, 0.29) is 22.4 Å². The summed E-state index contributed by atoms with van der Waals surface area (Å²) in [4.78, 5) is 11.3. The van der Waals surface area contributed by atoms with Crippen LogP contribution in [-0.4, -0.2) is 75.2 Å². The normalized spacial score (nSPS) is 15.8. The van der Waals surface area contributed by atoms with Crippen molar-refractivity contribution in [1.29, 1.82) is 0 Å². The van der Waals surface area contributed by atoms with Gasteiger partial charge in [-0.2, -0.15) is 0 Å². The summed E-state index contributed by atoms with van der Waals surface area (Å²) in [5.41, 5.74) is 1.69. The number of likely N-dealkylation sites (tertiary alicyclic amines) is 1. The van der Waals surface area contributed by atoms with Crippen LogP contribution in [0.25, 0.3) is 21.9 Å². The zero-order valence-electron chi connectivity index (χ0n) is 17.9. The maximum absolute atomic E-state index is 10.4. The average molecular weight is 494 g/mol. The Morgan fingerprint density at radius 1 is 1.12 bits per heavy atom. The monoisotopic (exact) mass is 494 g/mol. The number of aromatic nitrogens is 2. The van der Waals surface area contributed by atoms with Gasteiger partial charge in [-0.3, -0.25) is 0 Å². The second-order valence-corrected chi connectivity index (χ2v) is 10.3. The second kappa shape index (κ2) is 9.49. The molecule has 0 bridgehead atoms. The standard InChI is InChI=1S/C24H25AsN3O4/c1-30-22-11-18-20(12-23(22)32-14-16(29)13-28-8-2-3-9-28)26-15-27-24(18)25-19-5-4-6-21-17(19)7-10-31-21/h4-7,10-12,15-16,29H,2-3,8-9,13-14H2,1H3. The van der Waals surface area contributed by atoms with Crippen molar-refractivity contribution in [1.82, 2.24) is 14.9 Å². The Balaban J connectivity index is 1.39. The summed E-state index contributed by atoms with van der Waals surface area (Å²) in [6.45, 7) is 2.94. The van der Waals surface area contributed by atoms with Gasteiger partial charge in [-0.1, -0.05) is 0 Å². The van der Waals surface area contributed by atoms with E-state index in [9.17, 15) is 5.11 Å².